The molecule has 9 nitrogen and oxygen atoms in total. The van der Waals surface area contributed by atoms with Gasteiger partial charge in [-0.2, -0.15) is 5.06 Å². The first-order valence-electron chi connectivity index (χ1n) is 17.9. The Balaban J connectivity index is 1.34. The van der Waals surface area contributed by atoms with E-state index in [1.807, 2.05) is 97.9 Å². The van der Waals surface area contributed by atoms with Crippen molar-refractivity contribution in [3.05, 3.63) is 121 Å². The van der Waals surface area contributed by atoms with Crippen molar-refractivity contribution in [2.45, 2.75) is 64.4 Å². The minimum absolute atomic E-state index is 0.0870. The highest BCUT2D eigenvalue weighted by Gasteiger charge is 2.55. The van der Waals surface area contributed by atoms with Crippen LogP contribution in [0.4, 0.5) is 10.5 Å². The van der Waals surface area contributed by atoms with Crippen molar-refractivity contribution in [3.63, 3.8) is 0 Å². The fourth-order valence-corrected chi connectivity index (χ4v) is 11.9. The average molecular weight is 751 g/mol. The number of β-lactam (4-membered cyclic amide) rings is 1. The summed E-state index contributed by atoms with van der Waals surface area (Å²) in [7, 11) is -2.31. The third kappa shape index (κ3) is 7.67. The number of hydrogen-bond acceptors (Lipinski definition) is 7. The van der Waals surface area contributed by atoms with E-state index in [0.717, 1.165) is 21.0 Å². The van der Waals surface area contributed by atoms with E-state index >= 15 is 0 Å². The van der Waals surface area contributed by atoms with Gasteiger partial charge in [-0.15, -0.1) is 0 Å². The number of anilines is 1. The van der Waals surface area contributed by atoms with Crippen LogP contribution < -0.4 is 20.8 Å². The minimum Gasteiger partial charge on any atom is -0.447 e. The van der Waals surface area contributed by atoms with Crippen LogP contribution in [0.1, 0.15) is 44.5 Å². The molecule has 2 fully saturated rings. The van der Waals surface area contributed by atoms with Gasteiger partial charge in [0.1, 0.15) is 6.61 Å². The normalized spacial score (nSPS) is 18.2. The summed E-state index contributed by atoms with van der Waals surface area (Å²) in [6.07, 6.45) is -1.03. The SMILES string of the molecule is C[C@@H](O[Si](C)(C)C(C)(C)C)[C@H]1C(=O)N(OC(=O)C=P(c2ccccc2)(c2ccccc2)c2ccccc2)[C@@H]1CC(=O)c1ccc(N2CCOC2=O)cc1. The Bertz CT molecular complexity index is 1910. The summed E-state index contributed by atoms with van der Waals surface area (Å²) in [5.74, 6) is -0.381. The molecule has 0 N–H and O–H groups in total. The van der Waals surface area contributed by atoms with Gasteiger partial charge < -0.3 is 14.0 Å². The number of hydrogen-bond donors (Lipinski definition) is 0. The summed E-state index contributed by atoms with van der Waals surface area (Å²) in [5.41, 5.74) is 1.04. The van der Waals surface area contributed by atoms with Crippen molar-refractivity contribution in [1.29, 1.82) is 0 Å². The van der Waals surface area contributed by atoms with Gasteiger partial charge in [0, 0.05) is 23.5 Å². The van der Waals surface area contributed by atoms with Crippen LogP contribution in [-0.4, -0.2) is 68.2 Å². The Morgan fingerprint density at radius 2 is 1.36 bits per heavy atom. The molecule has 0 radical (unpaired) electrons. The number of carbonyl (C=O) groups is 4. The molecule has 2 amide bonds. The van der Waals surface area contributed by atoms with E-state index in [2.05, 4.69) is 33.9 Å². The highest BCUT2D eigenvalue weighted by Crippen LogP contribution is 2.45. The third-order valence-corrected chi connectivity index (χ3v) is 19.2. The van der Waals surface area contributed by atoms with Gasteiger partial charge >= 0.3 is 12.1 Å². The van der Waals surface area contributed by atoms with E-state index in [-0.39, 0.29) is 17.2 Å². The largest absolute Gasteiger partial charge is 0.447 e. The molecular weight excluding hydrogens is 704 g/mol. The average Bonchev–Trinajstić information content (AvgIpc) is 3.58. The number of amides is 2. The number of carbonyl (C=O) groups excluding carboxylic acids is 4. The monoisotopic (exact) mass is 750 g/mol. The Kier molecular flexibility index (Phi) is 11.0. The number of Topliss-reactive ketones (excluding diaryl/α,β-unsaturated/α-hetero) is 1. The molecule has 2 aliphatic rings. The van der Waals surface area contributed by atoms with E-state index in [9.17, 15) is 19.2 Å². The lowest BCUT2D eigenvalue weighted by Gasteiger charge is -2.49. The standard InChI is InChI=1S/C42H47N2O7PSi/c1-30(51-53(5,6)42(2,3)4)39-36(28-37(45)31-22-24-32(25-23-31)43-26-27-49-41(43)48)44(40(39)47)50-38(46)29-52(33-16-10-7-11-17-33,34-18-12-8-13-19-34)35-20-14-9-15-21-35/h7-25,29-30,36,39H,26-28H2,1-6H3/t30-,36-,39-/m1/s1. The molecule has 0 aliphatic carbocycles. The predicted molar refractivity (Wildman–Crippen MR) is 213 cm³/mol. The van der Waals surface area contributed by atoms with E-state index in [1.54, 1.807) is 30.1 Å². The highest BCUT2D eigenvalue weighted by atomic mass is 31.2. The van der Waals surface area contributed by atoms with Crippen molar-refractivity contribution < 1.29 is 33.2 Å². The van der Waals surface area contributed by atoms with Crippen LogP contribution in [0.15, 0.2) is 115 Å². The van der Waals surface area contributed by atoms with Crippen molar-refractivity contribution in [1.82, 2.24) is 5.06 Å². The quantitative estimate of drug-likeness (QED) is 0.0687. The Morgan fingerprint density at radius 3 is 1.81 bits per heavy atom. The second-order valence-electron chi connectivity index (χ2n) is 15.0. The van der Waals surface area contributed by atoms with Crippen LogP contribution in [-0.2, 0) is 23.6 Å². The number of rotatable bonds is 12. The first-order chi connectivity index (χ1) is 25.2. The maximum absolute atomic E-state index is 14.3. The molecule has 53 heavy (non-hydrogen) atoms. The van der Waals surface area contributed by atoms with Crippen molar-refractivity contribution >= 4 is 66.4 Å². The Hall–Kier alpha value is -4.76. The summed E-state index contributed by atoms with van der Waals surface area (Å²) in [6, 6.07) is 35.6. The summed E-state index contributed by atoms with van der Waals surface area (Å²) in [5, 5.41) is 3.84. The number of ketones is 1. The van der Waals surface area contributed by atoms with E-state index in [0.29, 0.717) is 24.4 Å². The molecule has 0 spiro atoms. The minimum atomic E-state index is -2.73. The van der Waals surface area contributed by atoms with Crippen LogP contribution >= 0.6 is 6.89 Å². The Labute approximate surface area is 312 Å². The smallest absolute Gasteiger partial charge is 0.414 e. The lowest BCUT2D eigenvalue weighted by atomic mass is 9.81. The summed E-state index contributed by atoms with van der Waals surface area (Å²) in [4.78, 5) is 61.7. The van der Waals surface area contributed by atoms with Crippen LogP contribution in [0.25, 0.3) is 0 Å². The maximum Gasteiger partial charge on any atom is 0.414 e. The summed E-state index contributed by atoms with van der Waals surface area (Å²) in [6.45, 7) is 10.5. The first kappa shape index (κ1) is 38.0. The summed E-state index contributed by atoms with van der Waals surface area (Å²) >= 11 is 0. The van der Waals surface area contributed by atoms with Crippen LogP contribution in [0, 0.1) is 5.92 Å². The van der Waals surface area contributed by atoms with Gasteiger partial charge in [-0.05, 0) is 72.1 Å². The zero-order valence-corrected chi connectivity index (χ0v) is 33.0. The molecule has 2 saturated heterocycles. The molecule has 0 aromatic heterocycles. The zero-order valence-electron chi connectivity index (χ0n) is 31.1. The van der Waals surface area contributed by atoms with Gasteiger partial charge in [0.25, 0.3) is 5.91 Å². The van der Waals surface area contributed by atoms with Crippen molar-refractivity contribution in [2.75, 3.05) is 18.1 Å². The van der Waals surface area contributed by atoms with E-state index in [4.69, 9.17) is 14.0 Å². The molecule has 2 heterocycles. The molecule has 276 valence electrons. The van der Waals surface area contributed by atoms with Gasteiger partial charge in [0.2, 0.25) is 0 Å². The molecule has 4 aromatic carbocycles. The second kappa shape index (κ2) is 15.3. The van der Waals surface area contributed by atoms with Crippen LogP contribution in [0.5, 0.6) is 0 Å². The third-order valence-electron chi connectivity index (χ3n) is 10.6. The van der Waals surface area contributed by atoms with Crippen LogP contribution in [0.2, 0.25) is 18.1 Å². The highest BCUT2D eigenvalue weighted by molar-refractivity contribution is 7.95. The molecule has 0 saturated carbocycles. The lowest BCUT2D eigenvalue weighted by molar-refractivity contribution is -0.239. The zero-order chi connectivity index (χ0) is 38.0. The van der Waals surface area contributed by atoms with Gasteiger partial charge in [-0.3, -0.25) is 14.5 Å². The predicted octanol–water partition coefficient (Wildman–Crippen LogP) is 6.71. The molecular formula is C42H47N2O7PSi. The maximum atomic E-state index is 14.3. The van der Waals surface area contributed by atoms with Gasteiger partial charge in [-0.25, -0.2) is 9.59 Å². The molecule has 0 bridgehead atoms. The molecule has 2 aliphatic heterocycles. The van der Waals surface area contributed by atoms with Gasteiger partial charge in [0.15, 0.2) is 14.1 Å². The molecule has 0 unspecified atom stereocenters. The fourth-order valence-electron chi connectivity index (χ4n) is 6.79. The lowest BCUT2D eigenvalue weighted by Crippen LogP contribution is -2.66. The Morgan fingerprint density at radius 1 is 0.849 bits per heavy atom. The van der Waals surface area contributed by atoms with Gasteiger partial charge in [0.05, 0.1) is 24.6 Å². The second-order valence-corrected chi connectivity index (χ2v) is 23.1. The van der Waals surface area contributed by atoms with Gasteiger partial charge in [-0.1, -0.05) is 112 Å². The first-order valence-corrected chi connectivity index (χ1v) is 22.7. The molecule has 4 aromatic rings. The number of hydroxylamine groups is 2. The van der Waals surface area contributed by atoms with Crippen molar-refractivity contribution in [2.24, 2.45) is 5.92 Å². The molecule has 11 heteroatoms. The number of nitrogens with zero attached hydrogens (tertiary/aromatic N) is 2. The van der Waals surface area contributed by atoms with Crippen LogP contribution in [0.3, 0.4) is 0 Å². The van der Waals surface area contributed by atoms with Crippen molar-refractivity contribution in [3.8, 4) is 0 Å². The van der Waals surface area contributed by atoms with E-state index < -0.39 is 51.2 Å². The topological polar surface area (TPSA) is 102 Å². The number of cyclic esters (lactones) is 1. The fraction of sp³-hybridized carbons (Fsp3) is 0.310. The molecule has 6 rings (SSSR count). The number of ether oxygens (including phenoxy) is 1. The summed E-state index contributed by atoms with van der Waals surface area (Å²) < 4.78 is 11.7. The molecule has 3 atom stereocenters. The number of benzene rings is 4. The van der Waals surface area contributed by atoms with E-state index in [1.165, 1.54) is 4.90 Å².